The first kappa shape index (κ1) is 24.2. The molecule has 0 spiro atoms. The number of aromatic carboxylic acids is 2. The number of hydrogen-bond donors (Lipinski definition) is 2. The maximum absolute atomic E-state index is 11.6. The van der Waals surface area contributed by atoms with Gasteiger partial charge < -0.3 is 10.2 Å². The Hall–Kier alpha value is -1.84. The zero-order chi connectivity index (χ0) is 20.9. The summed E-state index contributed by atoms with van der Waals surface area (Å²) in [6.07, 6.45) is 14.3. The fraction of sp³-hybridized carbons (Fsp3) is 0.667. The summed E-state index contributed by atoms with van der Waals surface area (Å²) in [5, 5.41) is 18.7. The number of aryl methyl sites for hydroxylation is 1. The number of carbonyl (C=O) groups is 2. The van der Waals surface area contributed by atoms with Gasteiger partial charge in [0, 0.05) is 0 Å². The lowest BCUT2D eigenvalue weighted by Crippen LogP contribution is -2.13. The largest absolute Gasteiger partial charge is 0.478 e. The summed E-state index contributed by atoms with van der Waals surface area (Å²) in [6, 6.07) is 3.11. The number of hydrogen-bond acceptors (Lipinski definition) is 2. The van der Waals surface area contributed by atoms with Crippen LogP contribution in [-0.4, -0.2) is 22.2 Å². The lowest BCUT2D eigenvalue weighted by Gasteiger charge is -2.12. The van der Waals surface area contributed by atoms with Crippen LogP contribution in [0.25, 0.3) is 0 Å². The topological polar surface area (TPSA) is 74.6 Å². The van der Waals surface area contributed by atoms with E-state index in [1.807, 2.05) is 6.92 Å². The van der Waals surface area contributed by atoms with Gasteiger partial charge in [-0.25, -0.2) is 9.59 Å². The molecular formula is C24H38O4. The maximum atomic E-state index is 11.6. The van der Waals surface area contributed by atoms with Crippen molar-refractivity contribution in [3.8, 4) is 0 Å². The second kappa shape index (κ2) is 13.4. The first-order chi connectivity index (χ1) is 13.3. The maximum Gasteiger partial charge on any atom is 0.336 e. The van der Waals surface area contributed by atoms with Gasteiger partial charge >= 0.3 is 11.9 Å². The van der Waals surface area contributed by atoms with E-state index >= 15 is 0 Å². The van der Waals surface area contributed by atoms with E-state index in [9.17, 15) is 19.8 Å². The molecule has 0 aliphatic heterocycles. The fourth-order valence-corrected chi connectivity index (χ4v) is 3.77. The van der Waals surface area contributed by atoms with Crippen molar-refractivity contribution in [1.82, 2.24) is 0 Å². The lowest BCUT2D eigenvalue weighted by molar-refractivity contribution is 0.0650. The minimum Gasteiger partial charge on any atom is -0.478 e. The zero-order valence-electron chi connectivity index (χ0n) is 17.9. The molecule has 4 nitrogen and oxygen atoms in total. The van der Waals surface area contributed by atoms with Crippen molar-refractivity contribution in [2.45, 2.75) is 97.8 Å². The van der Waals surface area contributed by atoms with E-state index in [1.54, 1.807) is 6.07 Å². The Labute approximate surface area is 170 Å². The Balaban J connectivity index is 2.26. The van der Waals surface area contributed by atoms with Crippen LogP contribution in [0.2, 0.25) is 0 Å². The normalized spacial score (nSPS) is 11.1. The molecule has 2 N–H and O–H groups in total. The number of unbranched alkanes of at least 4 members (excludes halogenated alkanes) is 9. The summed E-state index contributed by atoms with van der Waals surface area (Å²) in [6.45, 7) is 6.42. The summed E-state index contributed by atoms with van der Waals surface area (Å²) in [5.41, 5.74) is 1.39. The molecule has 0 amide bonds. The van der Waals surface area contributed by atoms with Crippen LogP contribution < -0.4 is 0 Å². The minimum atomic E-state index is -1.18. The van der Waals surface area contributed by atoms with Crippen molar-refractivity contribution < 1.29 is 19.8 Å². The van der Waals surface area contributed by atoms with Gasteiger partial charge in [0.15, 0.2) is 0 Å². The monoisotopic (exact) mass is 390 g/mol. The summed E-state index contributed by atoms with van der Waals surface area (Å²) >= 11 is 0. The van der Waals surface area contributed by atoms with Crippen LogP contribution in [0, 0.1) is 12.8 Å². The fourth-order valence-electron chi connectivity index (χ4n) is 3.77. The van der Waals surface area contributed by atoms with Gasteiger partial charge in [-0.15, -0.1) is 0 Å². The standard InChI is InChI=1S/C24H38O4/c1-18(2)14-12-10-8-6-4-5-7-9-11-13-15-20-19(3)16-17-21(23(25)26)22(20)24(27)28/h16-18H,4-15H2,1-3H3,(H,25,26)(H,27,28). The average Bonchev–Trinajstić information content (AvgIpc) is 2.62. The molecule has 1 rings (SSSR count). The molecule has 0 saturated carbocycles. The van der Waals surface area contributed by atoms with Gasteiger partial charge in [-0.3, -0.25) is 0 Å². The highest BCUT2D eigenvalue weighted by atomic mass is 16.4. The number of carboxylic acid groups (broad SMARTS) is 2. The van der Waals surface area contributed by atoms with E-state index in [-0.39, 0.29) is 11.1 Å². The highest BCUT2D eigenvalue weighted by Gasteiger charge is 2.21. The van der Waals surface area contributed by atoms with Crippen molar-refractivity contribution in [1.29, 1.82) is 0 Å². The van der Waals surface area contributed by atoms with Gasteiger partial charge in [0.2, 0.25) is 0 Å². The van der Waals surface area contributed by atoms with E-state index in [0.717, 1.165) is 30.7 Å². The summed E-state index contributed by atoms with van der Waals surface area (Å²) < 4.78 is 0. The van der Waals surface area contributed by atoms with Crippen molar-refractivity contribution in [2.75, 3.05) is 0 Å². The smallest absolute Gasteiger partial charge is 0.336 e. The van der Waals surface area contributed by atoms with E-state index in [0.29, 0.717) is 12.0 Å². The predicted octanol–water partition coefficient (Wildman–Crippen LogP) is 6.88. The van der Waals surface area contributed by atoms with Crippen molar-refractivity contribution in [2.24, 2.45) is 5.92 Å². The Morgan fingerprint density at radius 3 is 1.75 bits per heavy atom. The summed E-state index contributed by atoms with van der Waals surface area (Å²) in [5.74, 6) is -1.51. The molecule has 0 heterocycles. The molecule has 158 valence electrons. The van der Waals surface area contributed by atoms with E-state index in [1.165, 1.54) is 57.4 Å². The van der Waals surface area contributed by atoms with Crippen molar-refractivity contribution >= 4 is 11.9 Å². The number of benzene rings is 1. The molecule has 28 heavy (non-hydrogen) atoms. The second-order valence-electron chi connectivity index (χ2n) is 8.36. The predicted molar refractivity (Wildman–Crippen MR) is 114 cm³/mol. The number of rotatable bonds is 15. The lowest BCUT2D eigenvalue weighted by atomic mass is 9.92. The Bertz CT molecular complexity index is 619. The third-order valence-corrected chi connectivity index (χ3v) is 5.45. The van der Waals surface area contributed by atoms with Gasteiger partial charge in [-0.1, -0.05) is 84.1 Å². The van der Waals surface area contributed by atoms with Gasteiger partial charge in [0.1, 0.15) is 0 Å². The molecule has 4 heteroatoms. The molecule has 0 atom stereocenters. The summed E-state index contributed by atoms with van der Waals surface area (Å²) in [4.78, 5) is 22.9. The Morgan fingerprint density at radius 1 is 0.786 bits per heavy atom. The molecule has 0 aliphatic carbocycles. The first-order valence-corrected chi connectivity index (χ1v) is 10.9. The van der Waals surface area contributed by atoms with Crippen LogP contribution >= 0.6 is 0 Å². The van der Waals surface area contributed by atoms with Gasteiger partial charge in [-0.2, -0.15) is 0 Å². The Kier molecular flexibility index (Phi) is 11.5. The average molecular weight is 391 g/mol. The molecule has 1 aromatic rings. The number of carboxylic acids is 2. The van der Waals surface area contributed by atoms with Gasteiger partial charge in [0.25, 0.3) is 0 Å². The highest BCUT2D eigenvalue weighted by Crippen LogP contribution is 2.22. The molecule has 1 aromatic carbocycles. The molecule has 0 saturated heterocycles. The quantitative estimate of drug-likeness (QED) is 0.320. The Morgan fingerprint density at radius 2 is 1.29 bits per heavy atom. The zero-order valence-corrected chi connectivity index (χ0v) is 17.9. The molecule has 0 radical (unpaired) electrons. The van der Waals surface area contributed by atoms with E-state index in [4.69, 9.17) is 0 Å². The van der Waals surface area contributed by atoms with Crippen LogP contribution in [0.1, 0.15) is 116 Å². The van der Waals surface area contributed by atoms with Crippen LogP contribution in [0.3, 0.4) is 0 Å². The highest BCUT2D eigenvalue weighted by molar-refractivity contribution is 6.03. The first-order valence-electron chi connectivity index (χ1n) is 10.9. The summed E-state index contributed by atoms with van der Waals surface area (Å²) in [7, 11) is 0. The molecule has 0 unspecified atom stereocenters. The molecule has 0 fully saturated rings. The van der Waals surface area contributed by atoms with Crippen LogP contribution in [-0.2, 0) is 6.42 Å². The molecular weight excluding hydrogens is 352 g/mol. The minimum absolute atomic E-state index is 0.0371. The SMILES string of the molecule is Cc1ccc(C(=O)O)c(C(=O)O)c1CCCCCCCCCCCCC(C)C. The van der Waals surface area contributed by atoms with Crippen LogP contribution in [0.4, 0.5) is 0 Å². The van der Waals surface area contributed by atoms with Gasteiger partial charge in [-0.05, 0) is 42.9 Å². The van der Waals surface area contributed by atoms with Crippen molar-refractivity contribution in [3.63, 3.8) is 0 Å². The third kappa shape index (κ3) is 8.90. The van der Waals surface area contributed by atoms with Gasteiger partial charge in [0.05, 0.1) is 11.1 Å². The molecule has 0 aliphatic rings. The van der Waals surface area contributed by atoms with Crippen LogP contribution in [0.15, 0.2) is 12.1 Å². The van der Waals surface area contributed by atoms with Crippen LogP contribution in [0.5, 0.6) is 0 Å². The third-order valence-electron chi connectivity index (χ3n) is 5.45. The van der Waals surface area contributed by atoms with Crippen molar-refractivity contribution in [3.05, 3.63) is 34.4 Å². The second-order valence-corrected chi connectivity index (χ2v) is 8.36. The molecule has 0 aromatic heterocycles. The molecule has 0 bridgehead atoms. The van der Waals surface area contributed by atoms with E-state index in [2.05, 4.69) is 13.8 Å². The van der Waals surface area contributed by atoms with E-state index < -0.39 is 11.9 Å².